The number of para-hydroxylation sites is 2. The highest BCUT2D eigenvalue weighted by molar-refractivity contribution is 6.27. The minimum Gasteiger partial charge on any atom is -0.486 e. The van der Waals surface area contributed by atoms with Crippen molar-refractivity contribution in [3.63, 3.8) is 0 Å². The van der Waals surface area contributed by atoms with Gasteiger partial charge in [0.25, 0.3) is 0 Å². The Balaban J connectivity index is 1.46. The van der Waals surface area contributed by atoms with Gasteiger partial charge in [-0.15, -0.1) is 11.6 Å². The van der Waals surface area contributed by atoms with E-state index in [-0.39, 0.29) is 35.9 Å². The van der Waals surface area contributed by atoms with E-state index in [0.717, 1.165) is 31.4 Å². The Labute approximate surface area is 158 Å². The maximum absolute atomic E-state index is 12.6. The minimum atomic E-state index is -0.265. The van der Waals surface area contributed by atoms with Crippen molar-refractivity contribution < 1.29 is 19.1 Å². The largest absolute Gasteiger partial charge is 0.486 e. The second kappa shape index (κ2) is 8.62. The van der Waals surface area contributed by atoms with Crippen LogP contribution in [-0.2, 0) is 9.59 Å². The molecule has 1 heterocycles. The molecule has 1 aliphatic carbocycles. The molecule has 1 aliphatic heterocycles. The Kier molecular flexibility index (Phi) is 6.25. The monoisotopic (exact) mass is 380 g/mol. The molecule has 0 radical (unpaired) electrons. The number of alkyl halides is 1. The predicted molar refractivity (Wildman–Crippen MR) is 98.6 cm³/mol. The first kappa shape index (κ1) is 18.8. The molecule has 2 aliphatic rings. The molecule has 1 atom stereocenters. The van der Waals surface area contributed by atoms with E-state index in [9.17, 15) is 9.59 Å². The van der Waals surface area contributed by atoms with Gasteiger partial charge >= 0.3 is 0 Å². The number of hydrogen-bond acceptors (Lipinski definition) is 4. The Hall–Kier alpha value is -1.95. The number of fused-ring (bicyclic) bond motifs is 1. The highest BCUT2D eigenvalue weighted by Crippen LogP contribution is 2.32. The lowest BCUT2D eigenvalue weighted by Crippen LogP contribution is -2.46. The molecule has 1 N–H and O–H groups in total. The summed E-state index contributed by atoms with van der Waals surface area (Å²) in [6.45, 7) is 0.383. The average Bonchev–Trinajstić information content (AvgIpc) is 2.67. The van der Waals surface area contributed by atoms with Crippen LogP contribution >= 0.6 is 11.6 Å². The Morgan fingerprint density at radius 3 is 2.58 bits per heavy atom. The molecule has 26 heavy (non-hydrogen) atoms. The summed E-state index contributed by atoms with van der Waals surface area (Å²) in [7, 11) is 1.85. The molecule has 1 fully saturated rings. The number of carbonyl (C=O) groups excluding carboxylic acids is 2. The van der Waals surface area contributed by atoms with Crippen molar-refractivity contribution in [3.05, 3.63) is 24.3 Å². The van der Waals surface area contributed by atoms with Gasteiger partial charge < -0.3 is 19.7 Å². The molecule has 0 bridgehead atoms. The van der Waals surface area contributed by atoms with Crippen molar-refractivity contribution in [1.82, 2.24) is 10.2 Å². The Bertz CT molecular complexity index is 646. The number of carbonyl (C=O) groups is 2. The number of rotatable bonds is 5. The number of benzene rings is 1. The Morgan fingerprint density at radius 2 is 1.88 bits per heavy atom. The lowest BCUT2D eigenvalue weighted by atomic mass is 9.90. The number of ether oxygens (including phenoxy) is 2. The maximum Gasteiger partial charge on any atom is 0.235 e. The van der Waals surface area contributed by atoms with E-state index in [4.69, 9.17) is 21.1 Å². The highest BCUT2D eigenvalue weighted by atomic mass is 35.5. The van der Waals surface area contributed by atoms with Gasteiger partial charge in [-0.3, -0.25) is 9.59 Å². The molecule has 7 heteroatoms. The second-order valence-electron chi connectivity index (χ2n) is 6.91. The summed E-state index contributed by atoms with van der Waals surface area (Å²) in [5.74, 6) is 1.34. The molecule has 0 aromatic heterocycles. The Morgan fingerprint density at radius 1 is 1.19 bits per heavy atom. The summed E-state index contributed by atoms with van der Waals surface area (Å²) in [4.78, 5) is 25.8. The summed E-state index contributed by atoms with van der Waals surface area (Å²) in [5.41, 5.74) is 0. The van der Waals surface area contributed by atoms with E-state index < -0.39 is 0 Å². The number of hydrogen-bond donors (Lipinski definition) is 1. The van der Waals surface area contributed by atoms with E-state index in [1.54, 1.807) is 0 Å². The zero-order valence-corrected chi connectivity index (χ0v) is 15.7. The molecule has 1 unspecified atom stereocenters. The summed E-state index contributed by atoms with van der Waals surface area (Å²) in [5, 5.41) is 2.92. The van der Waals surface area contributed by atoms with Crippen LogP contribution in [0.25, 0.3) is 0 Å². The van der Waals surface area contributed by atoms with Gasteiger partial charge in [0.05, 0.1) is 6.42 Å². The lowest BCUT2D eigenvalue weighted by molar-refractivity contribution is -0.135. The first-order valence-corrected chi connectivity index (χ1v) is 9.59. The molecule has 2 amide bonds. The molecular formula is C19H25ClN2O4. The van der Waals surface area contributed by atoms with Crippen molar-refractivity contribution >= 4 is 23.4 Å². The van der Waals surface area contributed by atoms with Gasteiger partial charge in [0.2, 0.25) is 11.8 Å². The van der Waals surface area contributed by atoms with Gasteiger partial charge in [0, 0.05) is 19.1 Å². The fraction of sp³-hybridized carbons (Fsp3) is 0.579. The van der Waals surface area contributed by atoms with E-state index in [2.05, 4.69) is 5.32 Å². The van der Waals surface area contributed by atoms with Gasteiger partial charge in [0.1, 0.15) is 18.6 Å². The van der Waals surface area contributed by atoms with Crippen LogP contribution in [0.3, 0.4) is 0 Å². The molecule has 0 spiro atoms. The topological polar surface area (TPSA) is 67.9 Å². The smallest absolute Gasteiger partial charge is 0.235 e. The van der Waals surface area contributed by atoms with E-state index in [1.807, 2.05) is 36.2 Å². The molecule has 1 aromatic rings. The van der Waals surface area contributed by atoms with E-state index in [1.165, 1.54) is 0 Å². The van der Waals surface area contributed by atoms with E-state index >= 15 is 0 Å². The summed E-state index contributed by atoms with van der Waals surface area (Å²) in [6, 6.07) is 7.86. The quantitative estimate of drug-likeness (QED) is 0.796. The van der Waals surface area contributed by atoms with Crippen molar-refractivity contribution in [3.8, 4) is 11.5 Å². The van der Waals surface area contributed by atoms with Crippen LogP contribution in [0.5, 0.6) is 11.5 Å². The van der Waals surface area contributed by atoms with Crippen molar-refractivity contribution in [2.24, 2.45) is 0 Å². The minimum absolute atomic E-state index is 0.00902. The number of halogens is 1. The molecule has 3 rings (SSSR count). The van der Waals surface area contributed by atoms with Gasteiger partial charge in [-0.1, -0.05) is 12.1 Å². The van der Waals surface area contributed by atoms with Gasteiger partial charge in [-0.2, -0.15) is 0 Å². The molecule has 1 aromatic carbocycles. The van der Waals surface area contributed by atoms with Gasteiger partial charge in [-0.05, 0) is 37.8 Å². The van der Waals surface area contributed by atoms with Crippen LogP contribution in [0.1, 0.15) is 32.1 Å². The number of nitrogens with zero attached hydrogens (tertiary/aromatic N) is 1. The van der Waals surface area contributed by atoms with Gasteiger partial charge in [0.15, 0.2) is 11.5 Å². The van der Waals surface area contributed by atoms with Crippen LogP contribution < -0.4 is 14.8 Å². The number of amides is 2. The van der Waals surface area contributed by atoms with Gasteiger partial charge in [-0.25, -0.2) is 0 Å². The zero-order chi connectivity index (χ0) is 18.5. The maximum atomic E-state index is 12.6. The van der Waals surface area contributed by atoms with E-state index in [0.29, 0.717) is 18.8 Å². The second-order valence-corrected chi connectivity index (χ2v) is 7.18. The van der Waals surface area contributed by atoms with Crippen molar-refractivity contribution in [2.45, 2.75) is 50.3 Å². The first-order valence-electron chi connectivity index (χ1n) is 9.06. The van der Waals surface area contributed by atoms with Crippen molar-refractivity contribution in [2.75, 3.05) is 19.5 Å². The normalized spacial score (nSPS) is 24.6. The van der Waals surface area contributed by atoms with Crippen LogP contribution in [0, 0.1) is 0 Å². The average molecular weight is 381 g/mol. The number of nitrogens with one attached hydrogen (secondary N) is 1. The summed E-state index contributed by atoms with van der Waals surface area (Å²) >= 11 is 5.53. The van der Waals surface area contributed by atoms with Crippen LogP contribution in [0.4, 0.5) is 0 Å². The molecule has 1 saturated carbocycles. The summed E-state index contributed by atoms with van der Waals surface area (Å²) < 4.78 is 11.6. The summed E-state index contributed by atoms with van der Waals surface area (Å²) in [6.07, 6.45) is 3.51. The molecule has 142 valence electrons. The zero-order valence-electron chi connectivity index (χ0n) is 14.9. The standard InChI is InChI=1S/C19H25ClN2O4/c1-22(14-8-6-13(7-9-14)21-18(23)11-20)19(24)10-15-12-25-16-4-2-3-5-17(16)26-15/h2-5,13-15H,6-12H2,1H3,(H,21,23). The first-order chi connectivity index (χ1) is 12.6. The predicted octanol–water partition coefficient (Wildman–Crippen LogP) is 2.34. The van der Waals surface area contributed by atoms with Crippen LogP contribution in [0.15, 0.2) is 24.3 Å². The lowest BCUT2D eigenvalue weighted by Gasteiger charge is -2.36. The molecule has 0 saturated heterocycles. The van der Waals surface area contributed by atoms with Crippen LogP contribution in [0.2, 0.25) is 0 Å². The third-order valence-electron chi connectivity index (χ3n) is 5.09. The SMILES string of the molecule is CN(C(=O)CC1COc2ccccc2O1)C1CCC(NC(=O)CCl)CC1. The van der Waals surface area contributed by atoms with Crippen LogP contribution in [-0.4, -0.2) is 54.4 Å². The fourth-order valence-electron chi connectivity index (χ4n) is 3.58. The third-order valence-corrected chi connectivity index (χ3v) is 5.34. The van der Waals surface area contributed by atoms with Crippen molar-refractivity contribution in [1.29, 1.82) is 0 Å². The fourth-order valence-corrected chi connectivity index (χ4v) is 3.66. The highest BCUT2D eigenvalue weighted by Gasteiger charge is 2.30. The third kappa shape index (κ3) is 4.61. The molecule has 6 nitrogen and oxygen atoms in total. The molecular weight excluding hydrogens is 356 g/mol.